The molecule has 0 aliphatic heterocycles. The Morgan fingerprint density at radius 2 is 2.17 bits per heavy atom. The molecule has 2 aromatic heterocycles. The lowest BCUT2D eigenvalue weighted by Gasteiger charge is -1.96. The maximum atomic E-state index is 13.4. The molecule has 3 aromatic rings. The van der Waals surface area contributed by atoms with Crippen LogP contribution in [0.4, 0.5) is 10.1 Å². The first kappa shape index (κ1) is 11.0. The summed E-state index contributed by atoms with van der Waals surface area (Å²) in [6.45, 7) is 0. The number of nitrogens with two attached hydrogens (primary N) is 1. The number of anilines is 1. The molecule has 18 heavy (non-hydrogen) atoms. The van der Waals surface area contributed by atoms with Gasteiger partial charge in [-0.3, -0.25) is 0 Å². The summed E-state index contributed by atoms with van der Waals surface area (Å²) in [5.41, 5.74) is 7.52. The van der Waals surface area contributed by atoms with Gasteiger partial charge in [-0.15, -0.1) is 0 Å². The van der Waals surface area contributed by atoms with Gasteiger partial charge >= 0.3 is 0 Å². The van der Waals surface area contributed by atoms with Crippen LogP contribution in [-0.4, -0.2) is 9.97 Å². The molecule has 0 fully saturated rings. The fourth-order valence-corrected chi connectivity index (χ4v) is 2.22. The number of hydrogen-bond donors (Lipinski definition) is 1. The van der Waals surface area contributed by atoms with Gasteiger partial charge in [-0.2, -0.15) is 0 Å². The van der Waals surface area contributed by atoms with Gasteiger partial charge in [0, 0.05) is 11.9 Å². The van der Waals surface area contributed by atoms with Crippen molar-refractivity contribution in [2.24, 2.45) is 0 Å². The molecule has 1 aromatic carbocycles. The van der Waals surface area contributed by atoms with E-state index in [-0.39, 0.29) is 5.03 Å². The van der Waals surface area contributed by atoms with E-state index in [9.17, 15) is 4.39 Å². The fourth-order valence-electron chi connectivity index (χ4n) is 1.50. The molecule has 3 rings (SSSR count). The quantitative estimate of drug-likeness (QED) is 0.718. The number of nitrogens with zero attached hydrogens (tertiary/aromatic N) is 2. The van der Waals surface area contributed by atoms with Gasteiger partial charge in [0.15, 0.2) is 11.4 Å². The molecular formula is C12H8FN3OS. The molecule has 0 spiro atoms. The van der Waals surface area contributed by atoms with E-state index in [0.717, 1.165) is 11.8 Å². The van der Waals surface area contributed by atoms with Crippen LogP contribution in [0, 0.1) is 5.82 Å². The molecule has 0 saturated carbocycles. The van der Waals surface area contributed by atoms with Crippen LogP contribution in [0.2, 0.25) is 0 Å². The number of rotatable bonds is 2. The predicted molar refractivity (Wildman–Crippen MR) is 66.7 cm³/mol. The van der Waals surface area contributed by atoms with E-state index in [4.69, 9.17) is 10.2 Å². The third-order valence-corrected chi connectivity index (χ3v) is 3.14. The SMILES string of the molecule is Nc1ccc2oc(Sc3ncccc3F)nc2c1. The molecule has 0 unspecified atom stereocenters. The summed E-state index contributed by atoms with van der Waals surface area (Å²) in [4.78, 5) is 8.14. The number of halogens is 1. The van der Waals surface area contributed by atoms with Gasteiger partial charge in [-0.05, 0) is 42.1 Å². The lowest BCUT2D eigenvalue weighted by Crippen LogP contribution is -1.84. The van der Waals surface area contributed by atoms with Crippen LogP contribution in [0.5, 0.6) is 0 Å². The van der Waals surface area contributed by atoms with Crippen LogP contribution in [0.3, 0.4) is 0 Å². The third kappa shape index (κ3) is 2.02. The minimum absolute atomic E-state index is 0.233. The van der Waals surface area contributed by atoms with Crippen LogP contribution in [-0.2, 0) is 0 Å². The van der Waals surface area contributed by atoms with Crippen LogP contribution >= 0.6 is 11.8 Å². The molecule has 0 aliphatic carbocycles. The van der Waals surface area contributed by atoms with Gasteiger partial charge in [-0.25, -0.2) is 14.4 Å². The van der Waals surface area contributed by atoms with Crippen molar-refractivity contribution in [2.45, 2.75) is 10.2 Å². The summed E-state index contributed by atoms with van der Waals surface area (Å²) in [6, 6.07) is 8.04. The topological polar surface area (TPSA) is 64.9 Å². The van der Waals surface area contributed by atoms with Crippen LogP contribution in [0.15, 0.2) is 51.2 Å². The minimum atomic E-state index is -0.399. The number of nitrogen functional groups attached to an aromatic ring is 1. The third-order valence-electron chi connectivity index (χ3n) is 2.30. The highest BCUT2D eigenvalue weighted by atomic mass is 32.2. The molecule has 6 heteroatoms. The molecule has 0 bridgehead atoms. The molecule has 0 saturated heterocycles. The van der Waals surface area contributed by atoms with Crippen LogP contribution in [0.1, 0.15) is 0 Å². The molecule has 0 radical (unpaired) electrons. The van der Waals surface area contributed by atoms with Crippen molar-refractivity contribution in [1.82, 2.24) is 9.97 Å². The van der Waals surface area contributed by atoms with Gasteiger partial charge in [0.1, 0.15) is 10.5 Å². The van der Waals surface area contributed by atoms with Crippen molar-refractivity contribution in [3.05, 3.63) is 42.3 Å². The Kier molecular flexibility index (Phi) is 2.64. The Morgan fingerprint density at radius 1 is 1.28 bits per heavy atom. The normalized spacial score (nSPS) is 10.9. The van der Waals surface area contributed by atoms with E-state index >= 15 is 0 Å². The van der Waals surface area contributed by atoms with Crippen LogP contribution < -0.4 is 5.73 Å². The highest BCUT2D eigenvalue weighted by molar-refractivity contribution is 7.99. The summed E-state index contributed by atoms with van der Waals surface area (Å²) in [5, 5.41) is 0.574. The summed E-state index contributed by atoms with van der Waals surface area (Å²) in [5.74, 6) is -0.399. The lowest BCUT2D eigenvalue weighted by atomic mass is 10.3. The number of hydrogen-bond acceptors (Lipinski definition) is 5. The first-order valence-electron chi connectivity index (χ1n) is 5.17. The maximum Gasteiger partial charge on any atom is 0.263 e. The van der Waals surface area contributed by atoms with E-state index in [0.29, 0.717) is 22.0 Å². The summed E-state index contributed by atoms with van der Waals surface area (Å²) in [6.07, 6.45) is 1.52. The van der Waals surface area contributed by atoms with Crippen LogP contribution in [0.25, 0.3) is 11.1 Å². The fraction of sp³-hybridized carbons (Fsp3) is 0. The van der Waals surface area contributed by atoms with Gasteiger partial charge in [0.05, 0.1) is 0 Å². The van der Waals surface area contributed by atoms with E-state index in [1.165, 1.54) is 18.3 Å². The zero-order chi connectivity index (χ0) is 12.5. The summed E-state index contributed by atoms with van der Waals surface area (Å²) >= 11 is 1.04. The first-order chi connectivity index (χ1) is 8.72. The number of oxazole rings is 1. The standard InChI is InChI=1S/C12H8FN3OS/c13-8-2-1-5-15-11(8)18-12-16-9-6-7(14)3-4-10(9)17-12/h1-6H,14H2. The van der Waals surface area contributed by atoms with E-state index in [2.05, 4.69) is 9.97 Å². The summed E-state index contributed by atoms with van der Waals surface area (Å²) in [7, 11) is 0. The van der Waals surface area contributed by atoms with Crippen molar-refractivity contribution in [3.63, 3.8) is 0 Å². The molecule has 2 N–H and O–H groups in total. The lowest BCUT2D eigenvalue weighted by molar-refractivity contribution is 0.487. The second-order valence-electron chi connectivity index (χ2n) is 3.60. The minimum Gasteiger partial charge on any atom is -0.431 e. The van der Waals surface area contributed by atoms with Crippen molar-refractivity contribution in [3.8, 4) is 0 Å². The van der Waals surface area contributed by atoms with Gasteiger partial charge in [0.2, 0.25) is 0 Å². The molecule has 2 heterocycles. The Hall–Kier alpha value is -2.08. The molecular weight excluding hydrogens is 253 g/mol. The van der Waals surface area contributed by atoms with Crippen molar-refractivity contribution in [2.75, 3.05) is 5.73 Å². The average molecular weight is 261 g/mol. The van der Waals surface area contributed by atoms with Gasteiger partial charge < -0.3 is 10.2 Å². The molecule has 0 atom stereocenters. The van der Waals surface area contributed by atoms with Crippen molar-refractivity contribution in [1.29, 1.82) is 0 Å². The number of benzene rings is 1. The Labute approximate surface area is 106 Å². The first-order valence-corrected chi connectivity index (χ1v) is 5.98. The Bertz CT molecular complexity index is 713. The van der Waals surface area contributed by atoms with E-state index < -0.39 is 5.82 Å². The smallest absolute Gasteiger partial charge is 0.263 e. The highest BCUT2D eigenvalue weighted by Crippen LogP contribution is 2.30. The second-order valence-corrected chi connectivity index (χ2v) is 4.54. The summed E-state index contributed by atoms with van der Waals surface area (Å²) < 4.78 is 18.9. The zero-order valence-corrected chi connectivity index (χ0v) is 9.95. The number of aromatic nitrogens is 2. The monoisotopic (exact) mass is 261 g/mol. The Morgan fingerprint density at radius 3 is 3.00 bits per heavy atom. The average Bonchev–Trinajstić information content (AvgIpc) is 2.73. The van der Waals surface area contributed by atoms with Gasteiger partial charge in [0.25, 0.3) is 5.22 Å². The van der Waals surface area contributed by atoms with E-state index in [1.54, 1.807) is 18.2 Å². The number of fused-ring (bicyclic) bond motifs is 1. The zero-order valence-electron chi connectivity index (χ0n) is 9.13. The second kappa shape index (κ2) is 4.30. The predicted octanol–water partition coefficient (Wildman–Crippen LogP) is 3.10. The van der Waals surface area contributed by atoms with Crippen molar-refractivity contribution >= 4 is 28.5 Å². The largest absolute Gasteiger partial charge is 0.431 e. The molecule has 0 aliphatic rings. The number of pyridine rings is 1. The van der Waals surface area contributed by atoms with Crippen molar-refractivity contribution < 1.29 is 8.81 Å². The highest BCUT2D eigenvalue weighted by Gasteiger charge is 2.11. The molecule has 90 valence electrons. The molecule has 4 nitrogen and oxygen atoms in total. The van der Waals surface area contributed by atoms with Gasteiger partial charge in [-0.1, -0.05) is 0 Å². The Balaban J connectivity index is 1.98. The maximum absolute atomic E-state index is 13.4. The van der Waals surface area contributed by atoms with E-state index in [1.807, 2.05) is 0 Å². The molecule has 0 amide bonds.